The summed E-state index contributed by atoms with van der Waals surface area (Å²) in [6, 6.07) is 8.47. The summed E-state index contributed by atoms with van der Waals surface area (Å²) < 4.78 is 4.68. The second-order valence-electron chi connectivity index (χ2n) is 4.70. The van der Waals surface area contributed by atoms with Gasteiger partial charge in [0.15, 0.2) is 0 Å². The average molecular weight is 270 g/mol. The van der Waals surface area contributed by atoms with Gasteiger partial charge in [-0.1, -0.05) is 0 Å². The molecule has 0 bridgehead atoms. The van der Waals surface area contributed by atoms with Gasteiger partial charge in [0.2, 0.25) is 0 Å². The van der Waals surface area contributed by atoms with Crippen LogP contribution in [0.1, 0.15) is 22.3 Å². The second-order valence-corrected chi connectivity index (χ2v) is 4.70. The van der Waals surface area contributed by atoms with Crippen LogP contribution in [0.2, 0.25) is 0 Å². The number of benzene rings is 1. The molecule has 20 heavy (non-hydrogen) atoms. The van der Waals surface area contributed by atoms with E-state index in [1.807, 2.05) is 18.2 Å². The first kappa shape index (κ1) is 12.5. The minimum absolute atomic E-state index is 0.294. The Morgan fingerprint density at radius 3 is 2.95 bits per heavy atom. The fourth-order valence-corrected chi connectivity index (χ4v) is 2.24. The molecule has 1 aromatic heterocycles. The van der Waals surface area contributed by atoms with Crippen molar-refractivity contribution in [1.29, 1.82) is 0 Å². The van der Waals surface area contributed by atoms with Crippen LogP contribution in [0, 0.1) is 0 Å². The van der Waals surface area contributed by atoms with E-state index in [1.165, 1.54) is 17.7 Å². The summed E-state index contributed by atoms with van der Waals surface area (Å²) in [6.07, 6.45) is 3.26. The zero-order valence-corrected chi connectivity index (χ0v) is 10.8. The highest BCUT2D eigenvalue weighted by molar-refractivity contribution is 6.04. The summed E-state index contributed by atoms with van der Waals surface area (Å²) in [5.74, 6) is -0.294. The molecule has 1 aromatic carbocycles. The number of amides is 1. The third-order valence-electron chi connectivity index (χ3n) is 3.26. The first-order valence-electron chi connectivity index (χ1n) is 6.49. The number of fused-ring (bicyclic) bond motifs is 1. The Bertz CT molecular complexity index is 686. The molecule has 5 heteroatoms. The SMILES string of the molecule is O=C(Nc1ccc2c(c1)CCCN2)c1ccc(=O)oc1. The largest absolute Gasteiger partial charge is 0.430 e. The molecule has 0 aliphatic carbocycles. The smallest absolute Gasteiger partial charge is 0.335 e. The third-order valence-corrected chi connectivity index (χ3v) is 3.26. The molecule has 1 aliphatic heterocycles. The van der Waals surface area contributed by atoms with Crippen LogP contribution in [0.4, 0.5) is 11.4 Å². The summed E-state index contributed by atoms with van der Waals surface area (Å²) in [5.41, 5.74) is 2.92. The van der Waals surface area contributed by atoms with Crippen molar-refractivity contribution >= 4 is 17.3 Å². The molecular formula is C15H14N2O3. The zero-order chi connectivity index (χ0) is 13.9. The summed E-state index contributed by atoms with van der Waals surface area (Å²) in [4.78, 5) is 22.9. The number of carbonyl (C=O) groups is 1. The molecule has 2 aromatic rings. The number of nitrogens with one attached hydrogen (secondary N) is 2. The maximum atomic E-state index is 12.0. The van der Waals surface area contributed by atoms with Gasteiger partial charge in [-0.15, -0.1) is 0 Å². The van der Waals surface area contributed by atoms with Crippen molar-refractivity contribution in [2.24, 2.45) is 0 Å². The van der Waals surface area contributed by atoms with Crippen molar-refractivity contribution < 1.29 is 9.21 Å². The lowest BCUT2D eigenvalue weighted by Crippen LogP contribution is -2.15. The summed E-state index contributed by atoms with van der Waals surface area (Å²) in [6.45, 7) is 0.988. The van der Waals surface area contributed by atoms with Gasteiger partial charge in [-0.3, -0.25) is 4.79 Å². The zero-order valence-electron chi connectivity index (χ0n) is 10.8. The van der Waals surface area contributed by atoms with Gasteiger partial charge in [-0.2, -0.15) is 0 Å². The van der Waals surface area contributed by atoms with Crippen molar-refractivity contribution in [3.63, 3.8) is 0 Å². The maximum Gasteiger partial charge on any atom is 0.335 e. The van der Waals surface area contributed by atoms with Gasteiger partial charge in [0, 0.05) is 24.0 Å². The van der Waals surface area contributed by atoms with Crippen LogP contribution in [-0.4, -0.2) is 12.5 Å². The van der Waals surface area contributed by atoms with E-state index in [2.05, 4.69) is 15.1 Å². The van der Waals surface area contributed by atoms with E-state index >= 15 is 0 Å². The van der Waals surface area contributed by atoms with Crippen molar-refractivity contribution in [3.05, 3.63) is 58.1 Å². The van der Waals surface area contributed by atoms with Crippen LogP contribution in [-0.2, 0) is 6.42 Å². The van der Waals surface area contributed by atoms with Crippen molar-refractivity contribution in [1.82, 2.24) is 0 Å². The Kier molecular flexibility index (Phi) is 3.25. The molecule has 0 saturated carbocycles. The van der Waals surface area contributed by atoms with Crippen LogP contribution in [0.15, 0.2) is 45.8 Å². The summed E-state index contributed by atoms with van der Waals surface area (Å²) >= 11 is 0. The second kappa shape index (κ2) is 5.21. The van der Waals surface area contributed by atoms with Gasteiger partial charge < -0.3 is 15.1 Å². The van der Waals surface area contributed by atoms with Crippen LogP contribution < -0.4 is 16.3 Å². The van der Waals surface area contributed by atoms with E-state index in [9.17, 15) is 9.59 Å². The molecule has 3 rings (SSSR count). The minimum atomic E-state index is -0.471. The molecule has 0 atom stereocenters. The highest BCUT2D eigenvalue weighted by atomic mass is 16.4. The number of hydrogen-bond donors (Lipinski definition) is 2. The molecule has 1 aliphatic rings. The number of anilines is 2. The third kappa shape index (κ3) is 2.56. The van der Waals surface area contributed by atoms with Gasteiger partial charge >= 0.3 is 5.63 Å². The predicted octanol–water partition coefficient (Wildman–Crippen LogP) is 2.25. The highest BCUT2D eigenvalue weighted by Crippen LogP contribution is 2.25. The van der Waals surface area contributed by atoms with Crippen LogP contribution in [0.5, 0.6) is 0 Å². The molecule has 102 valence electrons. The molecule has 2 N–H and O–H groups in total. The number of hydrogen-bond acceptors (Lipinski definition) is 4. The van der Waals surface area contributed by atoms with E-state index in [4.69, 9.17) is 0 Å². The highest BCUT2D eigenvalue weighted by Gasteiger charge is 2.11. The van der Waals surface area contributed by atoms with E-state index in [0.29, 0.717) is 5.56 Å². The Labute approximate surface area is 115 Å². The molecule has 2 heterocycles. The Morgan fingerprint density at radius 1 is 1.25 bits per heavy atom. The van der Waals surface area contributed by atoms with Gasteiger partial charge in [-0.05, 0) is 42.7 Å². The molecule has 0 radical (unpaired) electrons. The lowest BCUT2D eigenvalue weighted by atomic mass is 10.0. The first-order chi connectivity index (χ1) is 9.72. The first-order valence-corrected chi connectivity index (χ1v) is 6.49. The van der Waals surface area contributed by atoms with Gasteiger partial charge in [0.05, 0.1) is 5.56 Å². The van der Waals surface area contributed by atoms with E-state index in [0.717, 1.165) is 37.0 Å². The average Bonchev–Trinajstić information content (AvgIpc) is 2.48. The molecular weight excluding hydrogens is 256 g/mol. The molecule has 0 unspecified atom stereocenters. The molecule has 0 saturated heterocycles. The van der Waals surface area contributed by atoms with Crippen molar-refractivity contribution in [3.8, 4) is 0 Å². The summed E-state index contributed by atoms with van der Waals surface area (Å²) in [5, 5.41) is 6.12. The van der Waals surface area contributed by atoms with Crippen LogP contribution in [0.3, 0.4) is 0 Å². The molecule has 5 nitrogen and oxygen atoms in total. The van der Waals surface area contributed by atoms with Gasteiger partial charge in [0.1, 0.15) is 6.26 Å². The van der Waals surface area contributed by atoms with Gasteiger partial charge in [-0.25, -0.2) is 4.79 Å². The number of rotatable bonds is 2. The fraction of sp³-hybridized carbons (Fsp3) is 0.200. The number of aryl methyl sites for hydroxylation is 1. The molecule has 0 spiro atoms. The lowest BCUT2D eigenvalue weighted by molar-refractivity contribution is 0.102. The quantitative estimate of drug-likeness (QED) is 0.878. The fourth-order valence-electron chi connectivity index (χ4n) is 2.24. The standard InChI is InChI=1S/C15H14N2O3/c18-14-6-3-11(9-20-14)15(19)17-12-4-5-13-10(8-12)2-1-7-16-13/h3-6,8-9,16H,1-2,7H2,(H,17,19). The van der Waals surface area contributed by atoms with E-state index in [1.54, 1.807) is 0 Å². The summed E-state index contributed by atoms with van der Waals surface area (Å²) in [7, 11) is 0. The Hall–Kier alpha value is -2.56. The van der Waals surface area contributed by atoms with Crippen LogP contribution >= 0.6 is 0 Å². The predicted molar refractivity (Wildman–Crippen MR) is 76.2 cm³/mol. The topological polar surface area (TPSA) is 71.3 Å². The maximum absolute atomic E-state index is 12.0. The Morgan fingerprint density at radius 2 is 2.15 bits per heavy atom. The van der Waals surface area contributed by atoms with Crippen LogP contribution in [0.25, 0.3) is 0 Å². The molecule has 0 fully saturated rings. The Balaban J connectivity index is 1.79. The van der Waals surface area contributed by atoms with E-state index in [-0.39, 0.29) is 5.91 Å². The van der Waals surface area contributed by atoms with Crippen molar-refractivity contribution in [2.75, 3.05) is 17.2 Å². The number of carbonyl (C=O) groups excluding carboxylic acids is 1. The van der Waals surface area contributed by atoms with Gasteiger partial charge in [0.25, 0.3) is 5.91 Å². The normalized spacial score (nSPS) is 13.2. The molecule has 1 amide bonds. The lowest BCUT2D eigenvalue weighted by Gasteiger charge is -2.18. The minimum Gasteiger partial charge on any atom is -0.430 e. The van der Waals surface area contributed by atoms with E-state index < -0.39 is 5.63 Å². The van der Waals surface area contributed by atoms with Crippen molar-refractivity contribution in [2.45, 2.75) is 12.8 Å². The monoisotopic (exact) mass is 270 g/mol.